The van der Waals surface area contributed by atoms with Crippen molar-refractivity contribution in [2.45, 2.75) is 37.1 Å². The van der Waals surface area contributed by atoms with Crippen LogP contribution in [0.2, 0.25) is 0 Å². The van der Waals surface area contributed by atoms with Gasteiger partial charge in [-0.2, -0.15) is 0 Å². The zero-order valence-corrected chi connectivity index (χ0v) is 15.7. The second kappa shape index (κ2) is 9.65. The summed E-state index contributed by atoms with van der Waals surface area (Å²) in [7, 11) is 0. The Bertz CT molecular complexity index is 573. The van der Waals surface area contributed by atoms with Gasteiger partial charge in [0.2, 0.25) is 5.91 Å². The molecular weight excluding hydrogens is 359 g/mol. The zero-order valence-electron chi connectivity index (χ0n) is 14.9. The first-order valence-electron chi connectivity index (χ1n) is 9.06. The molecule has 0 aliphatic carbocycles. The van der Waals surface area contributed by atoms with Gasteiger partial charge in [-0.25, -0.2) is 4.39 Å². The number of halogens is 2. The van der Waals surface area contributed by atoms with Crippen LogP contribution in [0.4, 0.5) is 4.39 Å². The number of nitrogens with one attached hydrogen (secondary N) is 1. The van der Waals surface area contributed by atoms with Crippen molar-refractivity contribution in [2.24, 2.45) is 11.7 Å². The summed E-state index contributed by atoms with van der Waals surface area (Å²) >= 11 is 0. The number of ether oxygens (including phenoxy) is 2. The zero-order chi connectivity index (χ0) is 17.7. The molecule has 0 radical (unpaired) electrons. The number of amides is 1. The van der Waals surface area contributed by atoms with Gasteiger partial charge in [0, 0.05) is 38.4 Å². The number of nitrogens with two attached hydrogens (primary N) is 1. The highest BCUT2D eigenvalue weighted by Crippen LogP contribution is 2.34. The van der Waals surface area contributed by atoms with E-state index in [4.69, 9.17) is 15.2 Å². The molecule has 2 fully saturated rings. The number of benzene rings is 1. The summed E-state index contributed by atoms with van der Waals surface area (Å²) < 4.78 is 24.1. The molecule has 0 aromatic heterocycles. The molecule has 2 heterocycles. The maximum atomic E-state index is 13.3. The normalized spacial score (nSPS) is 21.5. The molecule has 0 bridgehead atoms. The lowest BCUT2D eigenvalue weighted by molar-refractivity contribution is -0.124. The van der Waals surface area contributed by atoms with E-state index in [1.165, 1.54) is 12.1 Å². The van der Waals surface area contributed by atoms with E-state index in [0.29, 0.717) is 33.0 Å². The van der Waals surface area contributed by atoms with Crippen LogP contribution >= 0.6 is 12.4 Å². The van der Waals surface area contributed by atoms with Gasteiger partial charge in [-0.15, -0.1) is 12.4 Å². The lowest BCUT2D eigenvalue weighted by Gasteiger charge is -2.38. The molecular formula is C19H28ClFN2O3. The van der Waals surface area contributed by atoms with Crippen LogP contribution in [0.3, 0.4) is 0 Å². The molecule has 2 saturated heterocycles. The molecule has 3 N–H and O–H groups in total. The Morgan fingerprint density at radius 1 is 1.15 bits per heavy atom. The fourth-order valence-electron chi connectivity index (χ4n) is 3.80. The highest BCUT2D eigenvalue weighted by molar-refractivity contribution is 5.85. The van der Waals surface area contributed by atoms with Gasteiger partial charge in [-0.3, -0.25) is 4.79 Å². The van der Waals surface area contributed by atoms with Crippen LogP contribution in [-0.2, 0) is 19.7 Å². The third-order valence-corrected chi connectivity index (χ3v) is 5.58. The van der Waals surface area contributed by atoms with Gasteiger partial charge in [0.15, 0.2) is 0 Å². The molecule has 1 unspecified atom stereocenters. The van der Waals surface area contributed by atoms with Gasteiger partial charge < -0.3 is 20.5 Å². The van der Waals surface area contributed by atoms with Crippen LogP contribution in [-0.4, -0.2) is 44.9 Å². The van der Waals surface area contributed by atoms with Crippen molar-refractivity contribution >= 4 is 18.3 Å². The fourth-order valence-corrected chi connectivity index (χ4v) is 3.80. The van der Waals surface area contributed by atoms with E-state index in [-0.39, 0.29) is 35.5 Å². The van der Waals surface area contributed by atoms with Crippen molar-refractivity contribution in [3.63, 3.8) is 0 Å². The van der Waals surface area contributed by atoms with Crippen LogP contribution in [0.1, 0.15) is 31.2 Å². The lowest BCUT2D eigenvalue weighted by atomic mass is 9.74. The highest BCUT2D eigenvalue weighted by atomic mass is 35.5. The van der Waals surface area contributed by atoms with E-state index in [2.05, 4.69) is 5.32 Å². The molecule has 3 rings (SSSR count). The van der Waals surface area contributed by atoms with Crippen LogP contribution < -0.4 is 11.1 Å². The number of hydrogen-bond acceptors (Lipinski definition) is 4. The summed E-state index contributed by atoms with van der Waals surface area (Å²) in [6.45, 7) is 3.11. The third-order valence-electron chi connectivity index (χ3n) is 5.58. The van der Waals surface area contributed by atoms with Crippen molar-refractivity contribution in [1.29, 1.82) is 0 Å². The Kier molecular flexibility index (Phi) is 7.83. The number of hydrogen-bond donors (Lipinski definition) is 2. The van der Waals surface area contributed by atoms with Gasteiger partial charge in [0.1, 0.15) is 5.82 Å². The van der Waals surface area contributed by atoms with E-state index in [9.17, 15) is 9.18 Å². The fraction of sp³-hybridized carbons (Fsp3) is 0.632. The molecule has 2 aliphatic heterocycles. The van der Waals surface area contributed by atoms with E-state index in [1.807, 2.05) is 12.1 Å². The average molecular weight is 387 g/mol. The Labute approximate surface area is 160 Å². The van der Waals surface area contributed by atoms with E-state index >= 15 is 0 Å². The minimum atomic E-state index is -0.506. The standard InChI is InChI=1S/C19H27FN2O3.ClH/c20-16-3-1-15(2-4-16)19(7-11-25-12-8-19)13-22-18(23)17(21)14-5-9-24-10-6-14;/h1-4,14,17H,5-13,21H2,(H,22,23);1H. The summed E-state index contributed by atoms with van der Waals surface area (Å²) in [5.74, 6) is -0.193. The summed E-state index contributed by atoms with van der Waals surface area (Å²) in [6.07, 6.45) is 3.24. The maximum Gasteiger partial charge on any atom is 0.237 e. The molecule has 5 nitrogen and oxygen atoms in total. The Hall–Kier alpha value is -1.21. The van der Waals surface area contributed by atoms with Crippen LogP contribution in [0.25, 0.3) is 0 Å². The topological polar surface area (TPSA) is 73.6 Å². The maximum absolute atomic E-state index is 13.3. The Morgan fingerprint density at radius 3 is 2.35 bits per heavy atom. The summed E-state index contributed by atoms with van der Waals surface area (Å²) in [5, 5.41) is 3.05. The minimum absolute atomic E-state index is 0. The third kappa shape index (κ3) is 4.94. The first-order chi connectivity index (χ1) is 12.1. The van der Waals surface area contributed by atoms with E-state index in [0.717, 1.165) is 31.2 Å². The molecule has 26 heavy (non-hydrogen) atoms. The quantitative estimate of drug-likeness (QED) is 0.813. The number of rotatable bonds is 5. The molecule has 1 aromatic carbocycles. The van der Waals surface area contributed by atoms with E-state index < -0.39 is 6.04 Å². The first kappa shape index (κ1) is 21.1. The molecule has 146 valence electrons. The van der Waals surface area contributed by atoms with Crippen molar-refractivity contribution in [3.05, 3.63) is 35.6 Å². The van der Waals surface area contributed by atoms with Gasteiger partial charge >= 0.3 is 0 Å². The molecule has 2 aliphatic rings. The molecule has 1 amide bonds. The summed E-state index contributed by atoms with van der Waals surface area (Å²) in [4.78, 5) is 12.5. The Morgan fingerprint density at radius 2 is 1.73 bits per heavy atom. The van der Waals surface area contributed by atoms with Crippen LogP contribution in [0.5, 0.6) is 0 Å². The van der Waals surface area contributed by atoms with Crippen molar-refractivity contribution in [2.75, 3.05) is 33.0 Å². The minimum Gasteiger partial charge on any atom is -0.381 e. The predicted molar refractivity (Wildman–Crippen MR) is 99.9 cm³/mol. The van der Waals surface area contributed by atoms with Crippen LogP contribution in [0, 0.1) is 11.7 Å². The van der Waals surface area contributed by atoms with Crippen LogP contribution in [0.15, 0.2) is 24.3 Å². The first-order valence-corrected chi connectivity index (χ1v) is 9.06. The average Bonchev–Trinajstić information content (AvgIpc) is 2.67. The summed E-state index contributed by atoms with van der Waals surface area (Å²) in [6, 6.07) is 6.06. The molecule has 1 aromatic rings. The second-order valence-corrected chi connectivity index (χ2v) is 7.09. The van der Waals surface area contributed by atoms with Crippen molar-refractivity contribution < 1.29 is 18.7 Å². The molecule has 0 saturated carbocycles. The smallest absolute Gasteiger partial charge is 0.237 e. The Balaban J connectivity index is 0.00000243. The number of carbonyl (C=O) groups excluding carboxylic acids is 1. The lowest BCUT2D eigenvalue weighted by Crippen LogP contribution is -2.51. The van der Waals surface area contributed by atoms with Crippen molar-refractivity contribution in [3.8, 4) is 0 Å². The van der Waals surface area contributed by atoms with Crippen molar-refractivity contribution in [1.82, 2.24) is 5.32 Å². The predicted octanol–water partition coefficient (Wildman–Crippen LogP) is 2.17. The molecule has 0 spiro atoms. The largest absolute Gasteiger partial charge is 0.381 e. The highest BCUT2D eigenvalue weighted by Gasteiger charge is 2.36. The van der Waals surface area contributed by atoms with Gasteiger partial charge in [0.05, 0.1) is 6.04 Å². The monoisotopic (exact) mass is 386 g/mol. The SMILES string of the molecule is Cl.NC(C(=O)NCC1(c2ccc(F)cc2)CCOCC1)C1CCOCC1. The summed E-state index contributed by atoms with van der Waals surface area (Å²) in [5.41, 5.74) is 6.98. The molecule has 7 heteroatoms. The van der Waals surface area contributed by atoms with Gasteiger partial charge in [0.25, 0.3) is 0 Å². The van der Waals surface area contributed by atoms with Gasteiger partial charge in [-0.05, 0) is 49.3 Å². The van der Waals surface area contributed by atoms with Gasteiger partial charge in [-0.1, -0.05) is 12.1 Å². The second-order valence-electron chi connectivity index (χ2n) is 7.09. The number of carbonyl (C=O) groups is 1. The van der Waals surface area contributed by atoms with E-state index in [1.54, 1.807) is 0 Å². The molecule has 1 atom stereocenters.